The number of amides is 1. The van der Waals surface area contributed by atoms with Crippen LogP contribution in [0.1, 0.15) is 26.7 Å². The smallest absolute Gasteiger partial charge is 0.311 e. The lowest BCUT2D eigenvalue weighted by Crippen LogP contribution is -2.43. The third-order valence-corrected chi connectivity index (χ3v) is 4.43. The number of fused-ring (bicyclic) bond motifs is 1. The molecule has 0 fully saturated rings. The Morgan fingerprint density at radius 1 is 1.18 bits per heavy atom. The molecule has 0 atom stereocenters. The van der Waals surface area contributed by atoms with Gasteiger partial charge in [-0.2, -0.15) is 0 Å². The molecule has 1 amide bonds. The monoisotopic (exact) mass is 302 g/mol. The van der Waals surface area contributed by atoms with E-state index in [4.69, 9.17) is 0 Å². The summed E-state index contributed by atoms with van der Waals surface area (Å²) < 4.78 is 1.87. The first-order valence-electron chi connectivity index (χ1n) is 7.56. The largest absolute Gasteiger partial charge is 0.481 e. The topological polar surface area (TPSA) is 71.3 Å². The van der Waals surface area contributed by atoms with Crippen molar-refractivity contribution < 1.29 is 14.7 Å². The lowest BCUT2D eigenvalue weighted by molar-refractivity contribution is -0.149. The zero-order valence-corrected chi connectivity index (χ0v) is 13.0. The summed E-state index contributed by atoms with van der Waals surface area (Å²) in [4.78, 5) is 23.6. The maximum Gasteiger partial charge on any atom is 0.311 e. The van der Waals surface area contributed by atoms with Crippen LogP contribution in [0.4, 0.5) is 0 Å². The Bertz CT molecular complexity index is 671. The average Bonchev–Trinajstić information content (AvgIpc) is 2.92. The summed E-state index contributed by atoms with van der Waals surface area (Å²) >= 11 is 0. The van der Waals surface area contributed by atoms with Crippen LogP contribution in [0, 0.1) is 5.41 Å². The second-order valence-corrected chi connectivity index (χ2v) is 5.57. The summed E-state index contributed by atoms with van der Waals surface area (Å²) in [6, 6.07) is 9.80. The Hall–Kier alpha value is -2.30. The predicted octanol–water partition coefficient (Wildman–Crippen LogP) is 2.65. The Morgan fingerprint density at radius 2 is 1.86 bits per heavy atom. The van der Waals surface area contributed by atoms with E-state index in [9.17, 15) is 14.7 Å². The maximum atomic E-state index is 12.1. The van der Waals surface area contributed by atoms with Gasteiger partial charge in [0.1, 0.15) is 6.54 Å². The van der Waals surface area contributed by atoms with E-state index in [2.05, 4.69) is 5.32 Å². The standard InChI is InChI=1S/C17H22N2O3/c1-3-17(4-2,16(21)22)12-18-15(20)11-19-10-9-13-7-5-6-8-14(13)19/h5-10H,3-4,11-12H2,1-2H3,(H,18,20)(H,21,22). The number of hydrogen-bond acceptors (Lipinski definition) is 2. The molecule has 2 rings (SSSR count). The minimum atomic E-state index is -0.881. The van der Waals surface area contributed by atoms with Gasteiger partial charge >= 0.3 is 5.97 Å². The van der Waals surface area contributed by atoms with E-state index in [1.807, 2.05) is 54.9 Å². The van der Waals surface area contributed by atoms with Crippen molar-refractivity contribution in [3.8, 4) is 0 Å². The SMILES string of the molecule is CCC(CC)(CNC(=O)Cn1ccc2ccccc21)C(=O)O. The summed E-state index contributed by atoms with van der Waals surface area (Å²) in [5, 5.41) is 13.2. The number of carboxylic acids is 1. The highest BCUT2D eigenvalue weighted by molar-refractivity contribution is 5.83. The lowest BCUT2D eigenvalue weighted by Gasteiger charge is -2.26. The molecule has 1 aromatic carbocycles. The van der Waals surface area contributed by atoms with Crippen molar-refractivity contribution in [3.63, 3.8) is 0 Å². The molecule has 1 heterocycles. The van der Waals surface area contributed by atoms with Gasteiger partial charge in [0.15, 0.2) is 0 Å². The first-order valence-corrected chi connectivity index (χ1v) is 7.56. The molecule has 118 valence electrons. The lowest BCUT2D eigenvalue weighted by atomic mass is 9.82. The molecule has 22 heavy (non-hydrogen) atoms. The molecule has 0 aliphatic carbocycles. The van der Waals surface area contributed by atoms with Gasteiger partial charge < -0.3 is 15.0 Å². The van der Waals surface area contributed by atoms with Crippen molar-refractivity contribution in [2.24, 2.45) is 5.41 Å². The molecule has 0 unspecified atom stereocenters. The van der Waals surface area contributed by atoms with Crippen LogP contribution in [0.3, 0.4) is 0 Å². The molecule has 0 saturated carbocycles. The van der Waals surface area contributed by atoms with Crippen LogP contribution in [0.2, 0.25) is 0 Å². The van der Waals surface area contributed by atoms with Gasteiger partial charge in [0.25, 0.3) is 0 Å². The summed E-state index contributed by atoms with van der Waals surface area (Å²) in [7, 11) is 0. The third-order valence-electron chi connectivity index (χ3n) is 4.43. The molecule has 0 radical (unpaired) electrons. The van der Waals surface area contributed by atoms with Gasteiger partial charge in [-0.05, 0) is 30.4 Å². The van der Waals surface area contributed by atoms with Crippen LogP contribution in [0.25, 0.3) is 10.9 Å². The molecule has 0 saturated heterocycles. The Kier molecular flexibility index (Phi) is 4.85. The maximum absolute atomic E-state index is 12.1. The Labute approximate surface area is 129 Å². The van der Waals surface area contributed by atoms with Crippen molar-refractivity contribution in [3.05, 3.63) is 36.5 Å². The van der Waals surface area contributed by atoms with E-state index in [0.717, 1.165) is 10.9 Å². The van der Waals surface area contributed by atoms with Crippen LogP contribution in [0.5, 0.6) is 0 Å². The Balaban J connectivity index is 2.03. The van der Waals surface area contributed by atoms with E-state index in [-0.39, 0.29) is 19.0 Å². The molecule has 0 aliphatic heterocycles. The third kappa shape index (κ3) is 3.13. The van der Waals surface area contributed by atoms with E-state index < -0.39 is 11.4 Å². The normalized spacial score (nSPS) is 11.5. The number of aliphatic carboxylic acids is 1. The summed E-state index contributed by atoms with van der Waals surface area (Å²) in [6.07, 6.45) is 2.85. The quantitative estimate of drug-likeness (QED) is 0.826. The molecule has 2 aromatic rings. The second-order valence-electron chi connectivity index (χ2n) is 5.57. The number of aromatic nitrogens is 1. The molecule has 0 spiro atoms. The van der Waals surface area contributed by atoms with Crippen molar-refractivity contribution in [2.75, 3.05) is 6.54 Å². The zero-order chi connectivity index (χ0) is 16.2. The number of nitrogens with zero attached hydrogens (tertiary/aromatic N) is 1. The first kappa shape index (κ1) is 16.1. The Morgan fingerprint density at radius 3 is 2.50 bits per heavy atom. The molecular formula is C17H22N2O3. The fourth-order valence-corrected chi connectivity index (χ4v) is 2.63. The summed E-state index contributed by atoms with van der Waals surface area (Å²) in [6.45, 7) is 4.02. The molecule has 5 nitrogen and oxygen atoms in total. The average molecular weight is 302 g/mol. The molecule has 5 heteroatoms. The molecule has 0 aliphatic rings. The molecular weight excluding hydrogens is 280 g/mol. The fourth-order valence-electron chi connectivity index (χ4n) is 2.63. The van der Waals surface area contributed by atoms with Crippen molar-refractivity contribution >= 4 is 22.8 Å². The predicted molar refractivity (Wildman–Crippen MR) is 85.6 cm³/mol. The molecule has 0 bridgehead atoms. The second kappa shape index (κ2) is 6.64. The molecule has 1 aromatic heterocycles. The van der Waals surface area contributed by atoms with Crippen LogP contribution in [-0.4, -0.2) is 28.1 Å². The van der Waals surface area contributed by atoms with Crippen LogP contribution >= 0.6 is 0 Å². The highest BCUT2D eigenvalue weighted by atomic mass is 16.4. The first-order chi connectivity index (χ1) is 10.5. The fraction of sp³-hybridized carbons (Fsp3) is 0.412. The number of rotatable bonds is 7. The number of hydrogen-bond donors (Lipinski definition) is 2. The van der Waals surface area contributed by atoms with E-state index in [0.29, 0.717) is 12.8 Å². The van der Waals surface area contributed by atoms with Gasteiger partial charge in [0.05, 0.1) is 5.41 Å². The zero-order valence-electron chi connectivity index (χ0n) is 13.0. The van der Waals surface area contributed by atoms with Crippen LogP contribution in [0.15, 0.2) is 36.5 Å². The summed E-state index contributed by atoms with van der Waals surface area (Å²) in [5.74, 6) is -1.03. The van der Waals surface area contributed by atoms with Crippen LogP contribution in [-0.2, 0) is 16.1 Å². The van der Waals surface area contributed by atoms with Gasteiger partial charge in [-0.25, -0.2) is 0 Å². The van der Waals surface area contributed by atoms with Crippen molar-refractivity contribution in [2.45, 2.75) is 33.2 Å². The number of benzene rings is 1. The minimum absolute atomic E-state index is 0.160. The van der Waals surface area contributed by atoms with Gasteiger partial charge in [-0.3, -0.25) is 9.59 Å². The number of para-hydroxylation sites is 1. The number of carbonyl (C=O) groups is 2. The highest BCUT2D eigenvalue weighted by Crippen LogP contribution is 2.25. The van der Waals surface area contributed by atoms with E-state index >= 15 is 0 Å². The minimum Gasteiger partial charge on any atom is -0.481 e. The van der Waals surface area contributed by atoms with Crippen molar-refractivity contribution in [1.29, 1.82) is 0 Å². The van der Waals surface area contributed by atoms with Gasteiger partial charge in [-0.15, -0.1) is 0 Å². The van der Waals surface area contributed by atoms with Gasteiger partial charge in [0.2, 0.25) is 5.91 Å². The van der Waals surface area contributed by atoms with E-state index in [1.165, 1.54) is 0 Å². The van der Waals surface area contributed by atoms with Gasteiger partial charge in [0, 0.05) is 18.3 Å². The van der Waals surface area contributed by atoms with E-state index in [1.54, 1.807) is 0 Å². The van der Waals surface area contributed by atoms with Crippen molar-refractivity contribution in [1.82, 2.24) is 9.88 Å². The highest BCUT2D eigenvalue weighted by Gasteiger charge is 2.35. The number of carboxylic acid groups (broad SMARTS) is 1. The van der Waals surface area contributed by atoms with Gasteiger partial charge in [-0.1, -0.05) is 32.0 Å². The summed E-state index contributed by atoms with van der Waals surface area (Å²) in [5.41, 5.74) is 0.113. The molecule has 2 N–H and O–H groups in total. The number of nitrogens with one attached hydrogen (secondary N) is 1. The van der Waals surface area contributed by atoms with Crippen LogP contribution < -0.4 is 5.32 Å². The number of carbonyl (C=O) groups excluding carboxylic acids is 1.